The zero-order chi connectivity index (χ0) is 12.0. The molecule has 1 rings (SSSR count). The molecule has 0 aliphatic rings. The quantitative estimate of drug-likeness (QED) is 0.830. The molecule has 1 heterocycles. The predicted molar refractivity (Wildman–Crippen MR) is 67.6 cm³/mol. The molecule has 0 saturated heterocycles. The SMILES string of the molecule is CCCCC(=O)NCc1csc(C(C)C)n1. The molecule has 1 N–H and O–H groups in total. The smallest absolute Gasteiger partial charge is 0.220 e. The Labute approximate surface area is 101 Å². The van der Waals surface area contributed by atoms with E-state index in [1.807, 2.05) is 5.38 Å². The molecule has 0 radical (unpaired) electrons. The summed E-state index contributed by atoms with van der Waals surface area (Å²) in [5.41, 5.74) is 0.971. The molecule has 16 heavy (non-hydrogen) atoms. The van der Waals surface area contributed by atoms with Crippen LogP contribution in [0.15, 0.2) is 5.38 Å². The first kappa shape index (κ1) is 13.2. The maximum atomic E-state index is 11.4. The van der Waals surface area contributed by atoms with Gasteiger partial charge in [0.2, 0.25) is 5.91 Å². The zero-order valence-electron chi connectivity index (χ0n) is 10.2. The molecule has 1 aromatic heterocycles. The third-order valence-electron chi connectivity index (χ3n) is 2.29. The van der Waals surface area contributed by atoms with Crippen LogP contribution in [-0.2, 0) is 11.3 Å². The maximum Gasteiger partial charge on any atom is 0.220 e. The topological polar surface area (TPSA) is 42.0 Å². The Morgan fingerprint density at radius 3 is 2.88 bits per heavy atom. The van der Waals surface area contributed by atoms with E-state index in [-0.39, 0.29) is 5.91 Å². The largest absolute Gasteiger partial charge is 0.350 e. The van der Waals surface area contributed by atoms with E-state index in [0.29, 0.717) is 18.9 Å². The number of amides is 1. The summed E-state index contributed by atoms with van der Waals surface area (Å²) >= 11 is 1.66. The van der Waals surface area contributed by atoms with Gasteiger partial charge in [-0.15, -0.1) is 11.3 Å². The molecule has 3 nitrogen and oxygen atoms in total. The van der Waals surface area contributed by atoms with Crippen molar-refractivity contribution >= 4 is 17.2 Å². The van der Waals surface area contributed by atoms with E-state index in [0.717, 1.165) is 23.5 Å². The minimum atomic E-state index is 0.126. The Hall–Kier alpha value is -0.900. The van der Waals surface area contributed by atoms with E-state index in [9.17, 15) is 4.79 Å². The Morgan fingerprint density at radius 2 is 2.31 bits per heavy atom. The average Bonchev–Trinajstić information content (AvgIpc) is 2.72. The van der Waals surface area contributed by atoms with Crippen molar-refractivity contribution in [2.75, 3.05) is 0 Å². The molecule has 0 aliphatic heterocycles. The zero-order valence-corrected chi connectivity index (χ0v) is 11.1. The maximum absolute atomic E-state index is 11.4. The summed E-state index contributed by atoms with van der Waals surface area (Å²) in [6.07, 6.45) is 2.64. The fraction of sp³-hybridized carbons (Fsp3) is 0.667. The van der Waals surface area contributed by atoms with Crippen LogP contribution in [0.4, 0.5) is 0 Å². The highest BCUT2D eigenvalue weighted by atomic mass is 32.1. The van der Waals surface area contributed by atoms with Crippen molar-refractivity contribution < 1.29 is 4.79 Å². The first-order valence-electron chi connectivity index (χ1n) is 5.84. The van der Waals surface area contributed by atoms with Crippen molar-refractivity contribution in [3.05, 3.63) is 16.1 Å². The number of unbranched alkanes of at least 4 members (excludes halogenated alkanes) is 1. The lowest BCUT2D eigenvalue weighted by atomic mass is 10.2. The second-order valence-electron chi connectivity index (χ2n) is 4.21. The van der Waals surface area contributed by atoms with Crippen LogP contribution in [0.5, 0.6) is 0 Å². The molecule has 0 spiro atoms. The summed E-state index contributed by atoms with van der Waals surface area (Å²) in [5.74, 6) is 0.593. The second-order valence-corrected chi connectivity index (χ2v) is 5.10. The van der Waals surface area contributed by atoms with Gasteiger partial charge in [0, 0.05) is 17.7 Å². The van der Waals surface area contributed by atoms with Gasteiger partial charge in [-0.05, 0) is 6.42 Å². The third kappa shape index (κ3) is 4.31. The molecule has 0 bridgehead atoms. The van der Waals surface area contributed by atoms with Crippen molar-refractivity contribution in [1.29, 1.82) is 0 Å². The number of aromatic nitrogens is 1. The van der Waals surface area contributed by atoms with Crippen molar-refractivity contribution in [3.8, 4) is 0 Å². The van der Waals surface area contributed by atoms with Crippen LogP contribution in [0.1, 0.15) is 56.7 Å². The lowest BCUT2D eigenvalue weighted by Crippen LogP contribution is -2.22. The second kappa shape index (κ2) is 6.63. The molecule has 90 valence electrons. The van der Waals surface area contributed by atoms with Gasteiger partial charge in [-0.2, -0.15) is 0 Å². The fourth-order valence-corrected chi connectivity index (χ4v) is 2.12. The highest BCUT2D eigenvalue weighted by Crippen LogP contribution is 2.18. The van der Waals surface area contributed by atoms with E-state index >= 15 is 0 Å². The number of hydrogen-bond acceptors (Lipinski definition) is 3. The minimum Gasteiger partial charge on any atom is -0.350 e. The number of carbonyl (C=O) groups excluding carboxylic acids is 1. The summed E-state index contributed by atoms with van der Waals surface area (Å²) in [4.78, 5) is 15.8. The summed E-state index contributed by atoms with van der Waals surface area (Å²) in [6, 6.07) is 0. The van der Waals surface area contributed by atoms with Gasteiger partial charge in [-0.3, -0.25) is 4.79 Å². The molecule has 0 unspecified atom stereocenters. The highest BCUT2D eigenvalue weighted by Gasteiger charge is 2.06. The number of carbonyl (C=O) groups is 1. The van der Waals surface area contributed by atoms with Gasteiger partial charge in [-0.1, -0.05) is 27.2 Å². The minimum absolute atomic E-state index is 0.126. The van der Waals surface area contributed by atoms with Crippen LogP contribution in [-0.4, -0.2) is 10.9 Å². The Bertz CT molecular complexity index is 334. The monoisotopic (exact) mass is 240 g/mol. The van der Waals surface area contributed by atoms with Crippen LogP contribution in [0.3, 0.4) is 0 Å². The van der Waals surface area contributed by atoms with Gasteiger partial charge in [-0.25, -0.2) is 4.98 Å². The number of nitrogens with one attached hydrogen (secondary N) is 1. The van der Waals surface area contributed by atoms with Crippen molar-refractivity contribution in [1.82, 2.24) is 10.3 Å². The van der Waals surface area contributed by atoms with E-state index in [4.69, 9.17) is 0 Å². The van der Waals surface area contributed by atoms with Gasteiger partial charge in [0.05, 0.1) is 17.2 Å². The van der Waals surface area contributed by atoms with Gasteiger partial charge >= 0.3 is 0 Å². The fourth-order valence-electron chi connectivity index (χ4n) is 1.28. The molecule has 0 atom stereocenters. The van der Waals surface area contributed by atoms with Crippen molar-refractivity contribution in [2.24, 2.45) is 0 Å². The van der Waals surface area contributed by atoms with E-state index < -0.39 is 0 Å². The molecule has 4 heteroatoms. The van der Waals surface area contributed by atoms with Crippen LogP contribution < -0.4 is 5.32 Å². The average molecular weight is 240 g/mol. The van der Waals surface area contributed by atoms with Crippen LogP contribution in [0.2, 0.25) is 0 Å². The lowest BCUT2D eigenvalue weighted by Gasteiger charge is -2.02. The molecule has 0 aliphatic carbocycles. The van der Waals surface area contributed by atoms with Crippen molar-refractivity contribution in [2.45, 2.75) is 52.5 Å². The summed E-state index contributed by atoms with van der Waals surface area (Å²) in [5, 5.41) is 6.05. The van der Waals surface area contributed by atoms with E-state index in [1.54, 1.807) is 11.3 Å². The van der Waals surface area contributed by atoms with Crippen LogP contribution in [0.25, 0.3) is 0 Å². The molecular weight excluding hydrogens is 220 g/mol. The third-order valence-corrected chi connectivity index (χ3v) is 3.48. The standard InChI is InChI=1S/C12H20N2OS/c1-4-5-6-11(15)13-7-10-8-16-12(14-10)9(2)3/h8-9H,4-7H2,1-3H3,(H,13,15). The van der Waals surface area contributed by atoms with E-state index in [1.165, 1.54) is 0 Å². The first-order valence-corrected chi connectivity index (χ1v) is 6.72. The normalized spacial score (nSPS) is 10.8. The lowest BCUT2D eigenvalue weighted by molar-refractivity contribution is -0.121. The molecule has 1 amide bonds. The molecular formula is C12H20N2OS. The number of nitrogens with zero attached hydrogens (tertiary/aromatic N) is 1. The Kier molecular flexibility index (Phi) is 5.46. The summed E-state index contributed by atoms with van der Waals surface area (Å²) < 4.78 is 0. The van der Waals surface area contributed by atoms with E-state index in [2.05, 4.69) is 31.1 Å². The Morgan fingerprint density at radius 1 is 1.56 bits per heavy atom. The van der Waals surface area contributed by atoms with Gasteiger partial charge < -0.3 is 5.32 Å². The highest BCUT2D eigenvalue weighted by molar-refractivity contribution is 7.09. The number of hydrogen-bond donors (Lipinski definition) is 1. The molecule has 1 aromatic rings. The molecule has 0 fully saturated rings. The van der Waals surface area contributed by atoms with Crippen LogP contribution in [0, 0.1) is 0 Å². The Balaban J connectivity index is 2.33. The number of thiazole rings is 1. The number of rotatable bonds is 6. The van der Waals surface area contributed by atoms with Crippen molar-refractivity contribution in [3.63, 3.8) is 0 Å². The molecule has 0 saturated carbocycles. The predicted octanol–water partition coefficient (Wildman–Crippen LogP) is 3.07. The van der Waals surface area contributed by atoms with Gasteiger partial charge in [0.1, 0.15) is 0 Å². The van der Waals surface area contributed by atoms with Gasteiger partial charge in [0.15, 0.2) is 0 Å². The van der Waals surface area contributed by atoms with Crippen LogP contribution >= 0.6 is 11.3 Å². The first-order chi connectivity index (χ1) is 7.63. The summed E-state index contributed by atoms with van der Waals surface area (Å²) in [6.45, 7) is 6.90. The van der Waals surface area contributed by atoms with Gasteiger partial charge in [0.25, 0.3) is 0 Å². The molecule has 0 aromatic carbocycles. The summed E-state index contributed by atoms with van der Waals surface area (Å²) in [7, 11) is 0.